The van der Waals surface area contributed by atoms with Gasteiger partial charge in [-0.1, -0.05) is 96.8 Å². The van der Waals surface area contributed by atoms with E-state index in [2.05, 4.69) is 29.8 Å². The highest BCUT2D eigenvalue weighted by Crippen LogP contribution is 2.66. The van der Waals surface area contributed by atoms with E-state index >= 15 is 14.4 Å². The molecular formula is C52H44N4O9. The first-order valence-electron chi connectivity index (χ1n) is 21.5. The number of imide groups is 1. The minimum absolute atomic E-state index is 0.00548. The normalized spacial score (nSPS) is 23.3. The number of carbonyl (C=O) groups excluding carboxylic acids is 4. The van der Waals surface area contributed by atoms with Crippen molar-refractivity contribution < 1.29 is 38.7 Å². The number of hydrogen-bond donors (Lipinski definition) is 2. The maximum absolute atomic E-state index is 16.2. The predicted octanol–water partition coefficient (Wildman–Crippen LogP) is 8.46. The second-order valence-corrected chi connectivity index (χ2v) is 16.5. The third-order valence-corrected chi connectivity index (χ3v) is 12.7. The number of amides is 3. The van der Waals surface area contributed by atoms with E-state index in [4.69, 9.17) is 9.47 Å². The summed E-state index contributed by atoms with van der Waals surface area (Å²) in [6.07, 6.45) is 5.44. The predicted molar refractivity (Wildman–Crippen MR) is 240 cm³/mol. The Balaban J connectivity index is 1.30. The zero-order valence-electron chi connectivity index (χ0n) is 35.2. The second-order valence-electron chi connectivity index (χ2n) is 16.5. The molecule has 326 valence electrons. The lowest BCUT2D eigenvalue weighted by Crippen LogP contribution is -2.55. The molecule has 2 saturated heterocycles. The van der Waals surface area contributed by atoms with Gasteiger partial charge >= 0.3 is 12.1 Å². The molecule has 13 heteroatoms. The van der Waals surface area contributed by atoms with E-state index in [0.29, 0.717) is 22.3 Å². The summed E-state index contributed by atoms with van der Waals surface area (Å²) in [5.74, 6) is 2.76. The van der Waals surface area contributed by atoms with Crippen molar-refractivity contribution in [2.45, 2.75) is 61.9 Å². The Morgan fingerprint density at radius 2 is 1.60 bits per heavy atom. The number of rotatable bonds is 9. The number of nitrogens with zero attached hydrogens (tertiary/aromatic N) is 3. The minimum Gasteiger partial charge on any atom is -0.508 e. The summed E-state index contributed by atoms with van der Waals surface area (Å²) in [5.41, 5.74) is 1.99. The Kier molecular flexibility index (Phi) is 11.6. The molecule has 2 N–H and O–H groups in total. The number of cyclic esters (lactones) is 1. The number of allylic oxidation sites excluding steroid dienone is 2. The zero-order chi connectivity index (χ0) is 45.2. The van der Waals surface area contributed by atoms with Crippen LogP contribution < -0.4 is 10.2 Å². The van der Waals surface area contributed by atoms with E-state index in [1.54, 1.807) is 30.3 Å². The van der Waals surface area contributed by atoms with Crippen LogP contribution in [0.1, 0.15) is 77.3 Å². The third kappa shape index (κ3) is 7.61. The summed E-state index contributed by atoms with van der Waals surface area (Å²) in [6, 6.07) is 32.1. The Labute approximate surface area is 375 Å². The van der Waals surface area contributed by atoms with Crippen LogP contribution in [0.15, 0.2) is 152 Å². The molecule has 3 amide bonds. The first-order valence-corrected chi connectivity index (χ1v) is 21.5. The van der Waals surface area contributed by atoms with Crippen molar-refractivity contribution in [1.29, 1.82) is 0 Å². The number of carbonyl (C=O) groups is 4. The number of nitrogens with one attached hydrogen (secondary N) is 1. The van der Waals surface area contributed by atoms with Crippen LogP contribution in [0.5, 0.6) is 5.75 Å². The fourth-order valence-corrected chi connectivity index (χ4v) is 9.93. The Hall–Kier alpha value is -7.82. The number of fused-ring (bicyclic) bond motifs is 3. The largest absolute Gasteiger partial charge is 0.508 e. The average Bonchev–Trinajstić information content (AvgIpc) is 3.79. The zero-order valence-corrected chi connectivity index (χ0v) is 35.2. The molecule has 13 nitrogen and oxygen atoms in total. The topological polar surface area (TPSA) is 169 Å². The lowest BCUT2D eigenvalue weighted by molar-refractivity contribution is -0.384. The molecule has 1 spiro atoms. The van der Waals surface area contributed by atoms with Gasteiger partial charge < -0.3 is 19.9 Å². The van der Waals surface area contributed by atoms with Crippen LogP contribution in [-0.4, -0.2) is 51.4 Å². The number of phenolic OH excluding ortho intramolecular Hbond substituents is 1. The van der Waals surface area contributed by atoms with Crippen molar-refractivity contribution in [3.63, 3.8) is 0 Å². The first-order chi connectivity index (χ1) is 31.6. The summed E-state index contributed by atoms with van der Waals surface area (Å²) in [5, 5.41) is 24.9. The number of benzene rings is 5. The van der Waals surface area contributed by atoms with E-state index < -0.39 is 64.4 Å². The SMILES string of the molecule is C=CCNC(=O)C1C2C(=O)OC(c3ccccc3)C(c3ccccc3)N2C(c2ccc(O)cc2)C12C(=O)N(C(=O)OCc1ccc([N+](=O)[O-])cc1)c1ccc(C#CC3=CCCCC3)cc12. The van der Waals surface area contributed by atoms with E-state index in [0.717, 1.165) is 41.7 Å². The van der Waals surface area contributed by atoms with Crippen LogP contribution in [-0.2, 0) is 35.9 Å². The lowest BCUT2D eigenvalue weighted by atomic mass is 9.65. The van der Waals surface area contributed by atoms with Gasteiger partial charge in [0.2, 0.25) is 11.8 Å². The van der Waals surface area contributed by atoms with Gasteiger partial charge in [-0.15, -0.1) is 6.58 Å². The Morgan fingerprint density at radius 3 is 2.26 bits per heavy atom. The number of anilines is 1. The van der Waals surface area contributed by atoms with Gasteiger partial charge in [-0.2, -0.15) is 0 Å². The molecule has 5 aromatic carbocycles. The monoisotopic (exact) mass is 868 g/mol. The van der Waals surface area contributed by atoms with Gasteiger partial charge in [0.25, 0.3) is 5.69 Å². The molecule has 3 aliphatic heterocycles. The number of nitro groups is 1. The van der Waals surface area contributed by atoms with Gasteiger partial charge in [0.15, 0.2) is 0 Å². The van der Waals surface area contributed by atoms with Gasteiger partial charge in [0.05, 0.1) is 28.6 Å². The van der Waals surface area contributed by atoms with Gasteiger partial charge in [-0.3, -0.25) is 29.4 Å². The number of ether oxygens (including phenoxy) is 2. The van der Waals surface area contributed by atoms with Gasteiger partial charge in [0.1, 0.15) is 29.9 Å². The van der Waals surface area contributed by atoms with Gasteiger partial charge in [-0.25, -0.2) is 9.69 Å². The van der Waals surface area contributed by atoms with E-state index in [1.165, 1.54) is 42.5 Å². The van der Waals surface area contributed by atoms with Crippen LogP contribution in [0.3, 0.4) is 0 Å². The van der Waals surface area contributed by atoms with Crippen LogP contribution in [0.25, 0.3) is 0 Å². The highest BCUT2D eigenvalue weighted by molar-refractivity contribution is 6.23. The summed E-state index contributed by atoms with van der Waals surface area (Å²) < 4.78 is 12.3. The molecule has 65 heavy (non-hydrogen) atoms. The molecule has 0 aromatic heterocycles. The van der Waals surface area contributed by atoms with Crippen LogP contribution in [0.4, 0.5) is 16.2 Å². The molecular weight excluding hydrogens is 825 g/mol. The Morgan fingerprint density at radius 1 is 0.892 bits per heavy atom. The summed E-state index contributed by atoms with van der Waals surface area (Å²) in [6.45, 7) is 3.45. The number of esters is 1. The molecule has 9 rings (SSSR count). The fourth-order valence-electron chi connectivity index (χ4n) is 9.93. The molecule has 2 fully saturated rings. The molecule has 0 radical (unpaired) electrons. The summed E-state index contributed by atoms with van der Waals surface area (Å²) in [4.78, 5) is 74.8. The highest BCUT2D eigenvalue weighted by atomic mass is 16.6. The average molecular weight is 869 g/mol. The van der Waals surface area contributed by atoms with Crippen LogP contribution >= 0.6 is 0 Å². The minimum atomic E-state index is -2.05. The van der Waals surface area contributed by atoms with E-state index in [9.17, 15) is 20.0 Å². The van der Waals surface area contributed by atoms with Gasteiger partial charge in [0, 0.05) is 24.2 Å². The van der Waals surface area contributed by atoms with Crippen molar-refractivity contribution >= 4 is 35.3 Å². The van der Waals surface area contributed by atoms with Crippen molar-refractivity contribution in [2.24, 2.45) is 5.92 Å². The van der Waals surface area contributed by atoms with Crippen molar-refractivity contribution in [3.05, 3.63) is 195 Å². The lowest BCUT2D eigenvalue weighted by Gasteiger charge is -2.46. The van der Waals surface area contributed by atoms with E-state index in [-0.39, 0.29) is 35.8 Å². The number of phenols is 1. The highest BCUT2D eigenvalue weighted by Gasteiger charge is 2.75. The number of morpholine rings is 1. The molecule has 0 saturated carbocycles. The molecule has 0 bridgehead atoms. The number of aromatic hydroxyl groups is 1. The number of hydrogen-bond acceptors (Lipinski definition) is 10. The van der Waals surface area contributed by atoms with Crippen molar-refractivity contribution in [2.75, 3.05) is 11.4 Å². The van der Waals surface area contributed by atoms with E-state index in [1.807, 2.05) is 65.6 Å². The maximum Gasteiger partial charge on any atom is 0.421 e. The molecule has 6 unspecified atom stereocenters. The summed E-state index contributed by atoms with van der Waals surface area (Å²) in [7, 11) is 0. The van der Waals surface area contributed by atoms with Crippen molar-refractivity contribution in [3.8, 4) is 17.6 Å². The van der Waals surface area contributed by atoms with Crippen LogP contribution in [0.2, 0.25) is 0 Å². The smallest absolute Gasteiger partial charge is 0.421 e. The standard InChI is InChI=1S/C52H44N4O9/c1-2-30-53-48(58)43-45-49(59)65-46(37-16-10-5-11-17-37)44(36-14-8-4-9-15-36)55(45)47(38-23-27-40(57)28-24-38)52(43)41-31-34(19-18-33-12-6-3-7-13-33)22-29-42(41)54(50(52)60)51(61)64-32-35-20-25-39(26-21-35)56(62)63/h2,4-5,8-12,14-17,20-29,31,43-47,57H,1,3,6-7,13,30,32H2,(H,53,58). The van der Waals surface area contributed by atoms with Crippen LogP contribution in [0, 0.1) is 27.9 Å². The molecule has 3 heterocycles. The first kappa shape index (κ1) is 42.5. The number of non-ortho nitro benzene ring substituents is 1. The maximum atomic E-state index is 16.2. The fraction of sp³-hybridized carbons (Fsp3) is 0.231. The Bertz CT molecular complexity index is 2780. The molecule has 1 aliphatic carbocycles. The second kappa shape index (κ2) is 17.7. The summed E-state index contributed by atoms with van der Waals surface area (Å²) >= 11 is 0. The number of nitro benzene ring substituents is 1. The molecule has 6 atom stereocenters. The molecule has 4 aliphatic rings. The quantitative estimate of drug-likeness (QED) is 0.0482. The molecule has 5 aromatic rings. The van der Waals surface area contributed by atoms with Crippen molar-refractivity contribution in [1.82, 2.24) is 10.2 Å². The third-order valence-electron chi connectivity index (χ3n) is 12.7. The van der Waals surface area contributed by atoms with Gasteiger partial charge in [-0.05, 0) is 102 Å².